The third-order valence-electron chi connectivity index (χ3n) is 6.51. The monoisotopic (exact) mass is 505 g/mol. The van der Waals surface area contributed by atoms with Crippen molar-refractivity contribution in [3.8, 4) is 0 Å². The molecule has 0 heterocycles. The van der Waals surface area contributed by atoms with Gasteiger partial charge in [0.1, 0.15) is 0 Å². The average Bonchev–Trinajstić information content (AvgIpc) is 2.88. The minimum atomic E-state index is -0.500. The fraction of sp³-hybridized carbons (Fsp3) is 0.400. The molecule has 0 radical (unpaired) electrons. The maximum absolute atomic E-state index is 8.81. The van der Waals surface area contributed by atoms with Crippen molar-refractivity contribution >= 4 is 11.9 Å². The first kappa shape index (κ1) is 27.9. The van der Waals surface area contributed by atoms with Gasteiger partial charge in [0.05, 0.1) is 0 Å². The van der Waals surface area contributed by atoms with Crippen LogP contribution in [0.1, 0.15) is 36.5 Å². The highest BCUT2D eigenvalue weighted by Gasteiger charge is 2.20. The maximum atomic E-state index is 8.81. The summed E-state index contributed by atoms with van der Waals surface area (Å²) < 4.78 is 3.58. The van der Waals surface area contributed by atoms with Crippen LogP contribution >= 0.6 is 11.9 Å². The van der Waals surface area contributed by atoms with Crippen LogP contribution in [0.25, 0.3) is 0 Å². The van der Waals surface area contributed by atoms with Crippen LogP contribution in [0, 0.1) is 22.0 Å². The van der Waals surface area contributed by atoms with Crippen molar-refractivity contribution in [2.24, 2.45) is 11.8 Å². The van der Waals surface area contributed by atoms with Crippen molar-refractivity contribution < 1.29 is 4.92 Å². The summed E-state index contributed by atoms with van der Waals surface area (Å²) in [4.78, 5) is 9.58. The number of nitro groups is 1. The summed E-state index contributed by atoms with van der Waals surface area (Å²) in [5.41, 5.74) is 4.53. The Hall–Kier alpha value is -2.67. The van der Waals surface area contributed by atoms with Gasteiger partial charge < -0.3 is 5.32 Å². The van der Waals surface area contributed by atoms with Gasteiger partial charge in [0.15, 0.2) is 7.05 Å². The minimum absolute atomic E-state index is 0.500. The molecule has 0 saturated carbocycles. The summed E-state index contributed by atoms with van der Waals surface area (Å²) in [6, 6.07) is 31.1. The Balaban J connectivity index is 0.000000840. The van der Waals surface area contributed by atoms with E-state index in [9.17, 15) is 0 Å². The molecule has 0 aromatic heterocycles. The lowest BCUT2D eigenvalue weighted by Crippen LogP contribution is -2.38. The fourth-order valence-corrected chi connectivity index (χ4v) is 5.63. The normalized spacial score (nSPS) is 16.2. The predicted molar refractivity (Wildman–Crippen MR) is 151 cm³/mol. The van der Waals surface area contributed by atoms with E-state index in [-0.39, 0.29) is 0 Å². The highest BCUT2D eigenvalue weighted by Crippen LogP contribution is 2.23. The molecular weight excluding hydrogens is 466 g/mol. The van der Waals surface area contributed by atoms with E-state index in [0.717, 1.165) is 26.6 Å². The lowest BCUT2D eigenvalue weighted by atomic mass is 9.86. The number of aryl methyl sites for hydroxylation is 1. The first-order chi connectivity index (χ1) is 17.5. The van der Waals surface area contributed by atoms with Gasteiger partial charge in [0.2, 0.25) is 0 Å². The summed E-state index contributed by atoms with van der Waals surface area (Å²) in [6.07, 6.45) is 5.99. The molecule has 3 aromatic carbocycles. The van der Waals surface area contributed by atoms with E-state index in [0.29, 0.717) is 17.9 Å². The second-order valence-electron chi connectivity index (χ2n) is 9.72. The SMILES string of the molecule is CC(CNSc1ccccc1)CC(CNC1CCc2ccccc2C1)Cc1ccccc1.C[N+](=O)[O-]. The van der Waals surface area contributed by atoms with Crippen LogP contribution in [0.4, 0.5) is 0 Å². The van der Waals surface area contributed by atoms with Crippen molar-refractivity contribution in [1.82, 2.24) is 10.0 Å². The molecule has 3 atom stereocenters. The third kappa shape index (κ3) is 10.5. The number of benzene rings is 3. The van der Waals surface area contributed by atoms with Crippen LogP contribution in [-0.4, -0.2) is 31.1 Å². The smallest absolute Gasteiger partial charge is 0.194 e. The van der Waals surface area contributed by atoms with Gasteiger partial charge in [0.25, 0.3) is 0 Å². The molecule has 0 aliphatic heterocycles. The van der Waals surface area contributed by atoms with Crippen molar-refractivity contribution in [1.29, 1.82) is 0 Å². The van der Waals surface area contributed by atoms with Crippen molar-refractivity contribution in [2.45, 2.75) is 50.0 Å². The lowest BCUT2D eigenvalue weighted by Gasteiger charge is -2.29. The van der Waals surface area contributed by atoms with Gasteiger partial charge in [-0.15, -0.1) is 0 Å². The predicted octanol–water partition coefficient (Wildman–Crippen LogP) is 6.21. The van der Waals surface area contributed by atoms with Gasteiger partial charge in [-0.05, 0) is 91.3 Å². The van der Waals surface area contributed by atoms with Gasteiger partial charge in [-0.1, -0.05) is 79.7 Å². The maximum Gasteiger partial charge on any atom is 0.194 e. The fourth-order valence-electron chi connectivity index (χ4n) is 4.80. The van der Waals surface area contributed by atoms with E-state index in [1.165, 1.54) is 41.7 Å². The summed E-state index contributed by atoms with van der Waals surface area (Å²) in [5.74, 6) is 1.28. The van der Waals surface area contributed by atoms with Crippen LogP contribution < -0.4 is 10.0 Å². The number of hydrogen-bond acceptors (Lipinski definition) is 5. The molecule has 3 unspecified atom stereocenters. The Bertz CT molecular complexity index is 1030. The second-order valence-corrected chi connectivity index (χ2v) is 10.7. The largest absolute Gasteiger partial charge is 0.313 e. The Morgan fingerprint density at radius 3 is 2.25 bits per heavy atom. The summed E-state index contributed by atoms with van der Waals surface area (Å²) in [6.45, 7) is 4.51. The third-order valence-corrected chi connectivity index (χ3v) is 7.33. The zero-order valence-corrected chi connectivity index (χ0v) is 22.3. The Morgan fingerprint density at radius 2 is 1.56 bits per heavy atom. The van der Waals surface area contributed by atoms with Crippen molar-refractivity contribution in [2.75, 3.05) is 20.1 Å². The van der Waals surface area contributed by atoms with E-state index >= 15 is 0 Å². The Morgan fingerprint density at radius 1 is 0.944 bits per heavy atom. The molecule has 0 spiro atoms. The molecule has 2 N–H and O–H groups in total. The Kier molecular flexibility index (Phi) is 12.0. The molecule has 36 heavy (non-hydrogen) atoms. The number of hydrogen-bond donors (Lipinski definition) is 2. The second kappa shape index (κ2) is 15.4. The highest BCUT2D eigenvalue weighted by molar-refractivity contribution is 7.97. The van der Waals surface area contributed by atoms with E-state index < -0.39 is 4.92 Å². The highest BCUT2D eigenvalue weighted by atomic mass is 32.2. The average molecular weight is 506 g/mol. The number of rotatable bonds is 11. The van der Waals surface area contributed by atoms with E-state index in [4.69, 9.17) is 10.1 Å². The van der Waals surface area contributed by atoms with E-state index in [1.807, 2.05) is 0 Å². The number of nitrogens with one attached hydrogen (secondary N) is 2. The number of nitrogens with zero attached hydrogens (tertiary/aromatic N) is 1. The quantitative estimate of drug-likeness (QED) is 0.184. The zero-order chi connectivity index (χ0) is 25.6. The van der Waals surface area contributed by atoms with Gasteiger partial charge >= 0.3 is 0 Å². The summed E-state index contributed by atoms with van der Waals surface area (Å²) in [5, 5.41) is 12.8. The van der Waals surface area contributed by atoms with Crippen LogP contribution in [0.5, 0.6) is 0 Å². The summed E-state index contributed by atoms with van der Waals surface area (Å²) >= 11 is 1.74. The van der Waals surface area contributed by atoms with Crippen LogP contribution in [0.2, 0.25) is 0 Å². The minimum Gasteiger partial charge on any atom is -0.313 e. The summed E-state index contributed by atoms with van der Waals surface area (Å²) in [7, 11) is 0.889. The molecule has 192 valence electrons. The molecule has 4 rings (SSSR count). The van der Waals surface area contributed by atoms with Crippen LogP contribution in [0.15, 0.2) is 89.8 Å². The van der Waals surface area contributed by atoms with Crippen LogP contribution in [-0.2, 0) is 19.3 Å². The molecule has 1 aliphatic rings. The first-order valence-electron chi connectivity index (χ1n) is 12.9. The van der Waals surface area contributed by atoms with E-state index in [1.54, 1.807) is 17.5 Å². The van der Waals surface area contributed by atoms with Gasteiger partial charge in [-0.25, -0.2) is 0 Å². The molecule has 5 nitrogen and oxygen atoms in total. The molecule has 0 bridgehead atoms. The molecule has 0 saturated heterocycles. The molecule has 1 aliphatic carbocycles. The molecule has 6 heteroatoms. The molecule has 3 aromatic rings. The standard InChI is InChI=1S/C29H36N2S.CH3NO2/c1-23(21-31-32-29-14-6-3-7-15-29)18-25(19-24-10-4-2-5-11-24)22-30-28-17-16-26-12-8-9-13-27(26)20-28;1-2(3)4/h2-15,23,25,28,30-31H,16-22H2,1H3;1H3. The topological polar surface area (TPSA) is 67.2 Å². The molecule has 0 fully saturated rings. The zero-order valence-electron chi connectivity index (χ0n) is 21.4. The van der Waals surface area contributed by atoms with Gasteiger partial charge in [-0.2, -0.15) is 0 Å². The first-order valence-corrected chi connectivity index (χ1v) is 13.7. The van der Waals surface area contributed by atoms with Crippen molar-refractivity contribution in [3.05, 3.63) is 112 Å². The number of fused-ring (bicyclic) bond motifs is 1. The van der Waals surface area contributed by atoms with Crippen molar-refractivity contribution in [3.63, 3.8) is 0 Å². The molecular formula is C30H39N3O2S. The van der Waals surface area contributed by atoms with Gasteiger partial charge in [0, 0.05) is 22.4 Å². The van der Waals surface area contributed by atoms with Crippen LogP contribution in [0.3, 0.4) is 0 Å². The molecule has 0 amide bonds. The lowest BCUT2D eigenvalue weighted by molar-refractivity contribution is -0.445. The Labute approximate surface area is 220 Å². The van der Waals surface area contributed by atoms with Gasteiger partial charge in [-0.3, -0.25) is 14.8 Å². The van der Waals surface area contributed by atoms with E-state index in [2.05, 4.69) is 102 Å².